The fourth-order valence-corrected chi connectivity index (χ4v) is 2.46. The van der Waals surface area contributed by atoms with Crippen molar-refractivity contribution in [3.05, 3.63) is 69.1 Å². The molecule has 3 rings (SSSR count). The molecule has 22 heavy (non-hydrogen) atoms. The molecule has 0 radical (unpaired) electrons. The Hall–Kier alpha value is -2.53. The maximum absolute atomic E-state index is 12.1. The van der Waals surface area contributed by atoms with E-state index in [1.54, 1.807) is 34.9 Å². The minimum atomic E-state index is -0.437. The van der Waals surface area contributed by atoms with E-state index in [1.165, 1.54) is 7.11 Å². The molecule has 0 saturated heterocycles. The van der Waals surface area contributed by atoms with Crippen LogP contribution in [0.1, 0.15) is 15.9 Å². The molecule has 0 unspecified atom stereocenters. The first-order chi connectivity index (χ1) is 10.6. The molecule has 0 aliphatic carbocycles. The van der Waals surface area contributed by atoms with E-state index in [9.17, 15) is 9.59 Å². The standard InChI is InChI=1S/C16H13ClN2O3/c1-22-15(20)11-4-7-14-13(8-11)18-16(21)19(14)9-10-2-5-12(17)6-3-10/h2-8H,9H2,1H3,(H,18,21). The largest absolute Gasteiger partial charge is 0.465 e. The van der Waals surface area contributed by atoms with Gasteiger partial charge in [-0.05, 0) is 35.9 Å². The lowest BCUT2D eigenvalue weighted by Crippen LogP contribution is -2.17. The van der Waals surface area contributed by atoms with Gasteiger partial charge in [0.05, 0.1) is 30.3 Å². The van der Waals surface area contributed by atoms with Gasteiger partial charge in [0.15, 0.2) is 0 Å². The summed E-state index contributed by atoms with van der Waals surface area (Å²) in [5.74, 6) is -0.437. The van der Waals surface area contributed by atoms with Gasteiger partial charge in [0.25, 0.3) is 0 Å². The van der Waals surface area contributed by atoms with Crippen LogP contribution < -0.4 is 5.69 Å². The predicted octanol–water partition coefficient (Wildman–Crippen LogP) is 2.82. The number of halogens is 1. The number of H-pyrrole nitrogens is 1. The number of aromatic amines is 1. The van der Waals surface area contributed by atoms with Crippen molar-refractivity contribution in [2.24, 2.45) is 0 Å². The number of benzene rings is 2. The van der Waals surface area contributed by atoms with Gasteiger partial charge in [-0.3, -0.25) is 4.57 Å². The van der Waals surface area contributed by atoms with Crippen molar-refractivity contribution in [3.63, 3.8) is 0 Å². The maximum atomic E-state index is 12.1. The molecule has 0 bridgehead atoms. The minimum absolute atomic E-state index is 0.230. The Balaban J connectivity index is 2.03. The van der Waals surface area contributed by atoms with Crippen LogP contribution in [0, 0.1) is 0 Å². The molecule has 0 aliphatic heterocycles. The first-order valence-electron chi connectivity index (χ1n) is 6.64. The third-order valence-electron chi connectivity index (χ3n) is 3.45. The van der Waals surface area contributed by atoms with Gasteiger partial charge in [-0.15, -0.1) is 0 Å². The summed E-state index contributed by atoms with van der Waals surface area (Å²) in [6.07, 6.45) is 0. The van der Waals surface area contributed by atoms with E-state index < -0.39 is 5.97 Å². The number of esters is 1. The number of rotatable bonds is 3. The first kappa shape index (κ1) is 14.4. The van der Waals surface area contributed by atoms with Crippen molar-refractivity contribution in [3.8, 4) is 0 Å². The Bertz CT molecular complexity index is 894. The molecule has 5 nitrogen and oxygen atoms in total. The molecule has 1 heterocycles. The molecular formula is C16H13ClN2O3. The Labute approximate surface area is 131 Å². The number of aromatic nitrogens is 2. The summed E-state index contributed by atoms with van der Waals surface area (Å²) in [6, 6.07) is 12.3. The fraction of sp³-hybridized carbons (Fsp3) is 0.125. The summed E-state index contributed by atoms with van der Waals surface area (Å²) >= 11 is 5.86. The Morgan fingerprint density at radius 3 is 2.64 bits per heavy atom. The van der Waals surface area contributed by atoms with E-state index in [1.807, 2.05) is 12.1 Å². The zero-order valence-corrected chi connectivity index (χ0v) is 12.6. The van der Waals surface area contributed by atoms with Crippen molar-refractivity contribution < 1.29 is 9.53 Å². The highest BCUT2D eigenvalue weighted by molar-refractivity contribution is 6.30. The highest BCUT2D eigenvalue weighted by atomic mass is 35.5. The van der Waals surface area contributed by atoms with E-state index in [-0.39, 0.29) is 5.69 Å². The third-order valence-corrected chi connectivity index (χ3v) is 3.70. The minimum Gasteiger partial charge on any atom is -0.465 e. The van der Waals surface area contributed by atoms with Crippen LogP contribution in [0.3, 0.4) is 0 Å². The zero-order valence-electron chi connectivity index (χ0n) is 11.8. The summed E-state index contributed by atoms with van der Waals surface area (Å²) in [4.78, 5) is 26.4. The second-order valence-corrected chi connectivity index (χ2v) is 5.30. The summed E-state index contributed by atoms with van der Waals surface area (Å²) in [5.41, 5.74) is 2.46. The Morgan fingerprint density at radius 2 is 1.95 bits per heavy atom. The number of nitrogens with one attached hydrogen (secondary N) is 1. The lowest BCUT2D eigenvalue weighted by Gasteiger charge is -2.04. The molecule has 112 valence electrons. The van der Waals surface area contributed by atoms with Crippen molar-refractivity contribution in [1.29, 1.82) is 0 Å². The van der Waals surface area contributed by atoms with E-state index in [2.05, 4.69) is 9.72 Å². The van der Waals surface area contributed by atoms with Gasteiger partial charge in [-0.2, -0.15) is 0 Å². The van der Waals surface area contributed by atoms with Crippen molar-refractivity contribution in [2.45, 2.75) is 6.54 Å². The van der Waals surface area contributed by atoms with Gasteiger partial charge in [-0.25, -0.2) is 9.59 Å². The van der Waals surface area contributed by atoms with E-state index in [4.69, 9.17) is 11.6 Å². The Morgan fingerprint density at radius 1 is 1.23 bits per heavy atom. The van der Waals surface area contributed by atoms with Crippen LogP contribution in [0.2, 0.25) is 5.02 Å². The molecule has 1 N–H and O–H groups in total. The summed E-state index contributed by atoms with van der Waals surface area (Å²) < 4.78 is 6.29. The van der Waals surface area contributed by atoms with Crippen molar-refractivity contribution in [1.82, 2.24) is 9.55 Å². The molecule has 0 saturated carbocycles. The predicted molar refractivity (Wildman–Crippen MR) is 84.5 cm³/mol. The molecule has 3 aromatic rings. The van der Waals surface area contributed by atoms with Gasteiger partial charge in [0.1, 0.15) is 0 Å². The smallest absolute Gasteiger partial charge is 0.337 e. The van der Waals surface area contributed by atoms with Crippen molar-refractivity contribution >= 4 is 28.6 Å². The number of fused-ring (bicyclic) bond motifs is 1. The van der Waals surface area contributed by atoms with Crippen LogP contribution in [0.4, 0.5) is 0 Å². The summed E-state index contributed by atoms with van der Waals surface area (Å²) in [7, 11) is 1.32. The molecule has 0 amide bonds. The third kappa shape index (κ3) is 2.63. The number of carbonyl (C=O) groups is 1. The molecular weight excluding hydrogens is 304 g/mol. The highest BCUT2D eigenvalue weighted by Crippen LogP contribution is 2.16. The van der Waals surface area contributed by atoms with E-state index in [0.717, 1.165) is 11.1 Å². The summed E-state index contributed by atoms with van der Waals surface area (Å²) in [6.45, 7) is 0.424. The molecule has 2 aromatic carbocycles. The molecule has 0 fully saturated rings. The number of nitrogens with zero attached hydrogens (tertiary/aromatic N) is 1. The molecule has 0 aliphatic rings. The van der Waals surface area contributed by atoms with Crippen LogP contribution in [0.25, 0.3) is 11.0 Å². The van der Waals surface area contributed by atoms with Crippen LogP contribution in [0.5, 0.6) is 0 Å². The monoisotopic (exact) mass is 316 g/mol. The topological polar surface area (TPSA) is 64.1 Å². The second kappa shape index (κ2) is 5.69. The van der Waals surface area contributed by atoms with Gasteiger partial charge in [-0.1, -0.05) is 23.7 Å². The van der Waals surface area contributed by atoms with Gasteiger partial charge >= 0.3 is 11.7 Å². The Kier molecular flexibility index (Phi) is 3.73. The van der Waals surface area contributed by atoms with E-state index in [0.29, 0.717) is 22.6 Å². The molecule has 6 heteroatoms. The van der Waals surface area contributed by atoms with Crippen LogP contribution in [0.15, 0.2) is 47.3 Å². The first-order valence-corrected chi connectivity index (χ1v) is 7.01. The number of imidazole rings is 1. The maximum Gasteiger partial charge on any atom is 0.337 e. The average molecular weight is 317 g/mol. The number of carbonyl (C=O) groups excluding carboxylic acids is 1. The number of hydrogen-bond donors (Lipinski definition) is 1. The SMILES string of the molecule is COC(=O)c1ccc2c(c1)[nH]c(=O)n2Cc1ccc(Cl)cc1. The van der Waals surface area contributed by atoms with Crippen molar-refractivity contribution in [2.75, 3.05) is 7.11 Å². The fourth-order valence-electron chi connectivity index (χ4n) is 2.34. The molecule has 0 atom stereocenters. The number of hydrogen-bond acceptors (Lipinski definition) is 3. The number of methoxy groups -OCH3 is 1. The van der Waals surface area contributed by atoms with Gasteiger partial charge in [0.2, 0.25) is 0 Å². The molecule has 1 aromatic heterocycles. The quantitative estimate of drug-likeness (QED) is 0.756. The van der Waals surface area contributed by atoms with Crippen LogP contribution in [-0.2, 0) is 11.3 Å². The van der Waals surface area contributed by atoms with E-state index >= 15 is 0 Å². The molecule has 0 spiro atoms. The van der Waals surface area contributed by atoms with Crippen LogP contribution in [-0.4, -0.2) is 22.6 Å². The average Bonchev–Trinajstić information content (AvgIpc) is 2.83. The highest BCUT2D eigenvalue weighted by Gasteiger charge is 2.11. The number of ether oxygens (including phenoxy) is 1. The zero-order chi connectivity index (χ0) is 15.7. The van der Waals surface area contributed by atoms with Gasteiger partial charge < -0.3 is 9.72 Å². The van der Waals surface area contributed by atoms with Crippen LogP contribution >= 0.6 is 11.6 Å². The lowest BCUT2D eigenvalue weighted by molar-refractivity contribution is 0.0601. The summed E-state index contributed by atoms with van der Waals surface area (Å²) in [5, 5.41) is 0.651. The normalized spacial score (nSPS) is 10.8. The lowest BCUT2D eigenvalue weighted by atomic mass is 10.2. The second-order valence-electron chi connectivity index (χ2n) is 4.87. The van der Waals surface area contributed by atoms with Gasteiger partial charge in [0, 0.05) is 5.02 Å².